The second-order valence-electron chi connectivity index (χ2n) is 6.58. The molecule has 7 nitrogen and oxygen atoms in total. The van der Waals surface area contributed by atoms with Crippen LogP contribution >= 0.6 is 0 Å². The Kier molecular flexibility index (Phi) is 6.70. The summed E-state index contributed by atoms with van der Waals surface area (Å²) in [4.78, 5) is 14.7. The van der Waals surface area contributed by atoms with Crippen molar-refractivity contribution in [2.45, 2.75) is 38.3 Å². The van der Waals surface area contributed by atoms with E-state index in [1.807, 2.05) is 23.1 Å². The van der Waals surface area contributed by atoms with Crippen molar-refractivity contribution in [3.05, 3.63) is 41.8 Å². The zero-order valence-corrected chi connectivity index (χ0v) is 15.8. The van der Waals surface area contributed by atoms with Gasteiger partial charge in [-0.1, -0.05) is 11.2 Å². The summed E-state index contributed by atoms with van der Waals surface area (Å²) in [5.41, 5.74) is 0.323. The first kappa shape index (κ1) is 19.2. The van der Waals surface area contributed by atoms with E-state index in [2.05, 4.69) is 5.16 Å². The number of nitrogens with zero attached hydrogens (tertiary/aromatic N) is 2. The van der Waals surface area contributed by atoms with E-state index in [4.69, 9.17) is 18.7 Å². The Balaban J connectivity index is 1.61. The first-order valence-corrected chi connectivity index (χ1v) is 9.23. The highest BCUT2D eigenvalue weighted by Gasteiger charge is 2.29. The SMILES string of the molecule is COCCC1CCCCN1C(=O)c1cc(COc2cccc(OC)c2)on1. The number of carbonyl (C=O) groups is 1. The smallest absolute Gasteiger partial charge is 0.276 e. The number of benzene rings is 1. The molecule has 1 unspecified atom stereocenters. The molecule has 7 heteroatoms. The molecular weight excluding hydrogens is 348 g/mol. The average molecular weight is 374 g/mol. The number of ether oxygens (including phenoxy) is 3. The summed E-state index contributed by atoms with van der Waals surface area (Å²) < 4.78 is 21.3. The van der Waals surface area contributed by atoms with Crippen molar-refractivity contribution in [1.82, 2.24) is 10.1 Å². The van der Waals surface area contributed by atoms with Gasteiger partial charge in [0.1, 0.15) is 18.1 Å². The number of carbonyl (C=O) groups excluding carboxylic acids is 1. The van der Waals surface area contributed by atoms with Gasteiger partial charge in [0.2, 0.25) is 0 Å². The van der Waals surface area contributed by atoms with Crippen LogP contribution in [-0.4, -0.2) is 49.4 Å². The van der Waals surface area contributed by atoms with Crippen LogP contribution < -0.4 is 9.47 Å². The van der Waals surface area contributed by atoms with Gasteiger partial charge in [-0.05, 0) is 37.8 Å². The first-order chi connectivity index (χ1) is 13.2. The topological polar surface area (TPSA) is 74.0 Å². The maximum Gasteiger partial charge on any atom is 0.276 e. The van der Waals surface area contributed by atoms with Crippen molar-refractivity contribution in [2.24, 2.45) is 0 Å². The minimum atomic E-state index is -0.0906. The molecule has 1 atom stereocenters. The van der Waals surface area contributed by atoms with Gasteiger partial charge in [0.05, 0.1) is 7.11 Å². The minimum absolute atomic E-state index is 0.0906. The van der Waals surface area contributed by atoms with Crippen LogP contribution in [-0.2, 0) is 11.3 Å². The highest BCUT2D eigenvalue weighted by Crippen LogP contribution is 2.23. The Hall–Kier alpha value is -2.54. The Morgan fingerprint density at radius 2 is 2.11 bits per heavy atom. The van der Waals surface area contributed by atoms with Crippen LogP contribution in [0.15, 0.2) is 34.9 Å². The summed E-state index contributed by atoms with van der Waals surface area (Å²) in [6.45, 7) is 1.59. The van der Waals surface area contributed by atoms with E-state index >= 15 is 0 Å². The van der Waals surface area contributed by atoms with Crippen molar-refractivity contribution in [2.75, 3.05) is 27.4 Å². The van der Waals surface area contributed by atoms with E-state index in [-0.39, 0.29) is 18.6 Å². The molecule has 1 amide bonds. The van der Waals surface area contributed by atoms with E-state index < -0.39 is 0 Å². The van der Waals surface area contributed by atoms with E-state index in [0.717, 1.165) is 32.2 Å². The van der Waals surface area contributed by atoms with Gasteiger partial charge < -0.3 is 23.6 Å². The third-order valence-corrected chi connectivity index (χ3v) is 4.74. The molecule has 27 heavy (non-hydrogen) atoms. The van der Waals surface area contributed by atoms with E-state index in [1.165, 1.54) is 0 Å². The van der Waals surface area contributed by atoms with E-state index in [9.17, 15) is 4.79 Å². The molecule has 1 aliphatic heterocycles. The number of methoxy groups -OCH3 is 2. The zero-order valence-electron chi connectivity index (χ0n) is 15.8. The first-order valence-electron chi connectivity index (χ1n) is 9.23. The molecule has 0 spiro atoms. The average Bonchev–Trinajstić information content (AvgIpc) is 3.19. The van der Waals surface area contributed by atoms with Gasteiger partial charge in [-0.15, -0.1) is 0 Å². The highest BCUT2D eigenvalue weighted by atomic mass is 16.5. The van der Waals surface area contributed by atoms with Crippen molar-refractivity contribution in [1.29, 1.82) is 0 Å². The third-order valence-electron chi connectivity index (χ3n) is 4.74. The molecule has 146 valence electrons. The lowest BCUT2D eigenvalue weighted by molar-refractivity contribution is 0.0543. The molecule has 0 aliphatic carbocycles. The molecule has 1 fully saturated rings. The Labute approximate surface area is 159 Å². The molecule has 1 aromatic carbocycles. The van der Waals surface area contributed by atoms with Gasteiger partial charge in [0.15, 0.2) is 11.5 Å². The van der Waals surface area contributed by atoms with Gasteiger partial charge in [0, 0.05) is 38.4 Å². The van der Waals surface area contributed by atoms with Crippen LogP contribution in [0.3, 0.4) is 0 Å². The van der Waals surface area contributed by atoms with Gasteiger partial charge >= 0.3 is 0 Å². The molecule has 0 saturated carbocycles. The molecule has 0 bridgehead atoms. The fourth-order valence-corrected chi connectivity index (χ4v) is 3.30. The number of hydrogen-bond acceptors (Lipinski definition) is 6. The quantitative estimate of drug-likeness (QED) is 0.706. The molecule has 1 saturated heterocycles. The Bertz CT molecular complexity index is 745. The van der Waals surface area contributed by atoms with E-state index in [1.54, 1.807) is 26.4 Å². The molecular formula is C20H26N2O5. The number of piperidine rings is 1. The maximum atomic E-state index is 12.8. The Morgan fingerprint density at radius 3 is 2.93 bits per heavy atom. The predicted octanol–water partition coefficient (Wildman–Crippen LogP) is 3.29. The lowest BCUT2D eigenvalue weighted by atomic mass is 9.99. The highest BCUT2D eigenvalue weighted by molar-refractivity contribution is 5.92. The summed E-state index contributed by atoms with van der Waals surface area (Å²) in [6.07, 6.45) is 3.99. The van der Waals surface area contributed by atoms with Crippen molar-refractivity contribution in [3.63, 3.8) is 0 Å². The van der Waals surface area contributed by atoms with Gasteiger partial charge in [0.25, 0.3) is 5.91 Å². The fraction of sp³-hybridized carbons (Fsp3) is 0.500. The number of amides is 1. The molecule has 1 aliphatic rings. The van der Waals surface area contributed by atoms with Crippen LogP contribution in [0, 0.1) is 0 Å². The summed E-state index contributed by atoms with van der Waals surface area (Å²) >= 11 is 0. The molecule has 2 aromatic rings. The van der Waals surface area contributed by atoms with Crippen LogP contribution in [0.2, 0.25) is 0 Å². The summed E-state index contributed by atoms with van der Waals surface area (Å²) in [6, 6.07) is 9.16. The van der Waals surface area contributed by atoms with Gasteiger partial charge in [-0.25, -0.2) is 0 Å². The molecule has 3 rings (SSSR count). The van der Waals surface area contributed by atoms with Gasteiger partial charge in [-0.3, -0.25) is 4.79 Å². The van der Waals surface area contributed by atoms with Gasteiger partial charge in [-0.2, -0.15) is 0 Å². The second-order valence-corrected chi connectivity index (χ2v) is 6.58. The van der Waals surface area contributed by atoms with Crippen molar-refractivity contribution >= 4 is 5.91 Å². The molecule has 0 N–H and O–H groups in total. The molecule has 1 aromatic heterocycles. The summed E-state index contributed by atoms with van der Waals surface area (Å²) in [5.74, 6) is 1.79. The Morgan fingerprint density at radius 1 is 1.26 bits per heavy atom. The lowest BCUT2D eigenvalue weighted by Crippen LogP contribution is -2.44. The minimum Gasteiger partial charge on any atom is -0.497 e. The van der Waals surface area contributed by atoms with Crippen LogP contribution in [0.25, 0.3) is 0 Å². The number of aromatic nitrogens is 1. The van der Waals surface area contributed by atoms with Crippen LogP contribution in [0.5, 0.6) is 11.5 Å². The predicted molar refractivity (Wildman–Crippen MR) is 99.0 cm³/mol. The van der Waals surface area contributed by atoms with Crippen LogP contribution in [0.1, 0.15) is 41.9 Å². The van der Waals surface area contributed by atoms with Crippen molar-refractivity contribution in [3.8, 4) is 11.5 Å². The zero-order chi connectivity index (χ0) is 19.1. The summed E-state index contributed by atoms with van der Waals surface area (Å²) in [5, 5.41) is 3.95. The van der Waals surface area contributed by atoms with E-state index in [0.29, 0.717) is 29.6 Å². The largest absolute Gasteiger partial charge is 0.497 e. The summed E-state index contributed by atoms with van der Waals surface area (Å²) in [7, 11) is 3.29. The second kappa shape index (κ2) is 9.41. The standard InChI is InChI=1S/C20H26N2O5/c1-24-11-9-15-6-3-4-10-22(15)20(23)19-13-18(27-21-19)14-26-17-8-5-7-16(12-17)25-2/h5,7-8,12-13,15H,3-4,6,9-11,14H2,1-2H3. The molecule has 2 heterocycles. The number of hydrogen-bond donors (Lipinski definition) is 0. The fourth-order valence-electron chi connectivity index (χ4n) is 3.30. The molecule has 0 radical (unpaired) electrons. The number of likely N-dealkylation sites (tertiary alicyclic amines) is 1. The van der Waals surface area contributed by atoms with Crippen LogP contribution in [0.4, 0.5) is 0 Å². The maximum absolute atomic E-state index is 12.8. The monoisotopic (exact) mass is 374 g/mol. The third kappa shape index (κ3) is 5.01. The number of rotatable bonds is 8. The lowest BCUT2D eigenvalue weighted by Gasteiger charge is -2.35. The van der Waals surface area contributed by atoms with Crippen molar-refractivity contribution < 1.29 is 23.5 Å². The normalized spacial score (nSPS) is 17.0.